The number of rotatable bonds is 9. The first-order valence-corrected chi connectivity index (χ1v) is 11.2. The van der Waals surface area contributed by atoms with E-state index in [9.17, 15) is 4.79 Å². The average Bonchev–Trinajstić information content (AvgIpc) is 3.31. The first-order valence-electron chi connectivity index (χ1n) is 8.83. The van der Waals surface area contributed by atoms with Crippen LogP contribution in [-0.4, -0.2) is 39.2 Å². The van der Waals surface area contributed by atoms with Gasteiger partial charge in [0.05, 0.1) is 0 Å². The minimum Gasteiger partial charge on any atom is -0.377 e. The summed E-state index contributed by atoms with van der Waals surface area (Å²) in [4.78, 5) is 16.6. The molecule has 1 saturated heterocycles. The van der Waals surface area contributed by atoms with E-state index in [0.717, 1.165) is 29.3 Å². The Morgan fingerprint density at radius 1 is 1.42 bits per heavy atom. The number of aromatic nitrogens is 3. The van der Waals surface area contributed by atoms with Crippen LogP contribution in [0, 0.1) is 0 Å². The van der Waals surface area contributed by atoms with Crippen molar-refractivity contribution in [3.05, 3.63) is 30.1 Å². The molecular formula is C18H24N4O2S2. The van der Waals surface area contributed by atoms with Crippen LogP contribution in [0.25, 0.3) is 11.4 Å². The van der Waals surface area contributed by atoms with Gasteiger partial charge in [0.25, 0.3) is 0 Å². The highest BCUT2D eigenvalue weighted by atomic mass is 33.1. The molecule has 1 aliphatic heterocycles. The monoisotopic (exact) mass is 392 g/mol. The number of nitrogens with zero attached hydrogens (tertiary/aromatic N) is 2. The van der Waals surface area contributed by atoms with Gasteiger partial charge >= 0.3 is 0 Å². The standard InChI is InChI=1S/C18H24N4O2S2/c1-24-12-16-20-18(22-21-16)13-5-4-6-14(11-13)19-17(23)8-3-2-7-15-9-10-25-26-15/h4-6,11,15H,2-3,7-10,12H2,1H3,(H,19,23)(H,20,21,22). The Hall–Kier alpha value is -1.51. The molecule has 0 saturated carbocycles. The molecule has 2 N–H and O–H groups in total. The maximum atomic E-state index is 12.2. The van der Waals surface area contributed by atoms with Gasteiger partial charge in [0.1, 0.15) is 6.61 Å². The van der Waals surface area contributed by atoms with Gasteiger partial charge in [-0.05, 0) is 31.4 Å². The molecule has 2 aromatic rings. The van der Waals surface area contributed by atoms with Crippen molar-refractivity contribution in [2.45, 2.75) is 44.0 Å². The van der Waals surface area contributed by atoms with Crippen LogP contribution < -0.4 is 5.32 Å². The molecule has 1 atom stereocenters. The number of amides is 1. The van der Waals surface area contributed by atoms with Gasteiger partial charge in [-0.1, -0.05) is 40.1 Å². The molecule has 140 valence electrons. The molecular weight excluding hydrogens is 368 g/mol. The summed E-state index contributed by atoms with van der Waals surface area (Å²) in [6.07, 6.45) is 5.14. The minimum atomic E-state index is 0.0608. The van der Waals surface area contributed by atoms with E-state index in [1.54, 1.807) is 7.11 Å². The van der Waals surface area contributed by atoms with Gasteiger partial charge in [-0.25, -0.2) is 4.98 Å². The van der Waals surface area contributed by atoms with Crippen LogP contribution in [0.5, 0.6) is 0 Å². The number of hydrogen-bond donors (Lipinski definition) is 2. The van der Waals surface area contributed by atoms with Crippen LogP contribution in [0.1, 0.15) is 37.9 Å². The first kappa shape index (κ1) is 19.3. The fourth-order valence-corrected chi connectivity index (χ4v) is 5.83. The lowest BCUT2D eigenvalue weighted by atomic mass is 10.1. The summed E-state index contributed by atoms with van der Waals surface area (Å²) in [5.41, 5.74) is 1.63. The molecule has 1 aromatic carbocycles. The molecule has 0 aliphatic carbocycles. The van der Waals surface area contributed by atoms with Crippen LogP contribution in [0.3, 0.4) is 0 Å². The number of carbonyl (C=O) groups is 1. The van der Waals surface area contributed by atoms with E-state index in [1.807, 2.05) is 45.9 Å². The Bertz CT molecular complexity index is 717. The highest BCUT2D eigenvalue weighted by Gasteiger charge is 2.16. The van der Waals surface area contributed by atoms with Gasteiger partial charge < -0.3 is 10.1 Å². The van der Waals surface area contributed by atoms with Crippen molar-refractivity contribution in [2.24, 2.45) is 0 Å². The molecule has 1 amide bonds. The second-order valence-corrected chi connectivity index (χ2v) is 9.03. The molecule has 26 heavy (non-hydrogen) atoms. The predicted octanol–water partition coefficient (Wildman–Crippen LogP) is 4.27. The van der Waals surface area contributed by atoms with E-state index in [-0.39, 0.29) is 5.91 Å². The Labute approximate surface area is 161 Å². The smallest absolute Gasteiger partial charge is 0.224 e. The number of carbonyl (C=O) groups excluding carboxylic acids is 1. The number of methoxy groups -OCH3 is 1. The van der Waals surface area contributed by atoms with E-state index in [1.165, 1.54) is 18.6 Å². The summed E-state index contributed by atoms with van der Waals surface area (Å²) in [7, 11) is 5.59. The van der Waals surface area contributed by atoms with Crippen molar-refractivity contribution in [1.82, 2.24) is 15.2 Å². The van der Waals surface area contributed by atoms with Gasteiger partial charge in [-0.3, -0.25) is 9.89 Å². The lowest BCUT2D eigenvalue weighted by Crippen LogP contribution is -2.11. The minimum absolute atomic E-state index is 0.0608. The maximum absolute atomic E-state index is 12.2. The van der Waals surface area contributed by atoms with E-state index in [0.29, 0.717) is 24.7 Å². The number of H-pyrrole nitrogens is 1. The largest absolute Gasteiger partial charge is 0.377 e. The normalized spacial score (nSPS) is 16.7. The molecule has 0 bridgehead atoms. The second kappa shape index (κ2) is 9.99. The van der Waals surface area contributed by atoms with Crippen LogP contribution in [0.2, 0.25) is 0 Å². The van der Waals surface area contributed by atoms with Crippen molar-refractivity contribution in [3.63, 3.8) is 0 Å². The summed E-state index contributed by atoms with van der Waals surface area (Å²) in [6, 6.07) is 7.60. The molecule has 1 unspecified atom stereocenters. The summed E-state index contributed by atoms with van der Waals surface area (Å²) in [5.74, 6) is 2.60. The van der Waals surface area contributed by atoms with Gasteiger partial charge in [0, 0.05) is 35.8 Å². The Morgan fingerprint density at radius 2 is 2.35 bits per heavy atom. The fourth-order valence-electron chi connectivity index (χ4n) is 2.81. The first-order chi connectivity index (χ1) is 12.7. The number of benzene rings is 1. The average molecular weight is 393 g/mol. The Balaban J connectivity index is 1.47. The van der Waals surface area contributed by atoms with Crippen molar-refractivity contribution >= 4 is 33.2 Å². The van der Waals surface area contributed by atoms with Gasteiger partial charge in [-0.2, -0.15) is 5.10 Å². The Kier molecular flexibility index (Phi) is 7.40. The third kappa shape index (κ3) is 5.75. The molecule has 3 rings (SSSR count). The lowest BCUT2D eigenvalue weighted by Gasteiger charge is -2.08. The van der Waals surface area contributed by atoms with Crippen LogP contribution in [0.15, 0.2) is 24.3 Å². The van der Waals surface area contributed by atoms with Gasteiger partial charge in [0.2, 0.25) is 5.91 Å². The van der Waals surface area contributed by atoms with Crippen molar-refractivity contribution in [2.75, 3.05) is 18.2 Å². The predicted molar refractivity (Wildman–Crippen MR) is 108 cm³/mol. The zero-order valence-corrected chi connectivity index (χ0v) is 16.5. The Morgan fingerprint density at radius 3 is 3.15 bits per heavy atom. The van der Waals surface area contributed by atoms with E-state index in [2.05, 4.69) is 20.5 Å². The number of anilines is 1. The van der Waals surface area contributed by atoms with Crippen molar-refractivity contribution in [1.29, 1.82) is 0 Å². The SMILES string of the molecule is COCc1nc(-c2cccc(NC(=O)CCCCC3CCSS3)c2)n[nH]1. The van der Waals surface area contributed by atoms with Crippen LogP contribution >= 0.6 is 21.6 Å². The molecule has 2 heterocycles. The third-order valence-electron chi connectivity index (χ3n) is 4.12. The summed E-state index contributed by atoms with van der Waals surface area (Å²) >= 11 is 0. The molecule has 1 aromatic heterocycles. The summed E-state index contributed by atoms with van der Waals surface area (Å²) < 4.78 is 5.04. The van der Waals surface area contributed by atoms with Gasteiger partial charge in [-0.15, -0.1) is 0 Å². The zero-order chi connectivity index (χ0) is 18.2. The highest BCUT2D eigenvalue weighted by molar-refractivity contribution is 8.77. The summed E-state index contributed by atoms with van der Waals surface area (Å²) in [5, 5.41) is 10.8. The highest BCUT2D eigenvalue weighted by Crippen LogP contribution is 2.39. The number of hydrogen-bond acceptors (Lipinski definition) is 6. The molecule has 8 heteroatoms. The van der Waals surface area contributed by atoms with E-state index in [4.69, 9.17) is 4.74 Å². The molecule has 1 aliphatic rings. The lowest BCUT2D eigenvalue weighted by molar-refractivity contribution is -0.116. The maximum Gasteiger partial charge on any atom is 0.224 e. The molecule has 0 radical (unpaired) electrons. The topological polar surface area (TPSA) is 79.9 Å². The number of unbranched alkanes of at least 4 members (excludes halogenated alkanes) is 1. The molecule has 0 spiro atoms. The van der Waals surface area contributed by atoms with Gasteiger partial charge in [0.15, 0.2) is 11.6 Å². The molecule has 1 fully saturated rings. The quantitative estimate of drug-likeness (QED) is 0.490. The fraction of sp³-hybridized carbons (Fsp3) is 0.500. The summed E-state index contributed by atoms with van der Waals surface area (Å²) in [6.45, 7) is 0.390. The second-order valence-electron chi connectivity index (χ2n) is 6.24. The van der Waals surface area contributed by atoms with E-state index < -0.39 is 0 Å². The van der Waals surface area contributed by atoms with Crippen LogP contribution in [-0.2, 0) is 16.1 Å². The third-order valence-corrected chi connectivity index (χ3v) is 7.13. The van der Waals surface area contributed by atoms with Crippen molar-refractivity contribution in [3.8, 4) is 11.4 Å². The zero-order valence-electron chi connectivity index (χ0n) is 14.9. The van der Waals surface area contributed by atoms with Crippen molar-refractivity contribution < 1.29 is 9.53 Å². The number of nitrogens with one attached hydrogen (secondary N) is 2. The van der Waals surface area contributed by atoms with Crippen LogP contribution in [0.4, 0.5) is 5.69 Å². The number of aromatic amines is 1. The number of ether oxygens (including phenoxy) is 1. The molecule has 6 nitrogen and oxygen atoms in total. The van der Waals surface area contributed by atoms with E-state index >= 15 is 0 Å².